The molecule has 1 fully saturated rings. The van der Waals surface area contributed by atoms with Crippen LogP contribution in [0.5, 0.6) is 0 Å². The molecule has 0 aliphatic carbocycles. The third-order valence-corrected chi connectivity index (χ3v) is 6.02. The molecule has 3 heterocycles. The van der Waals surface area contributed by atoms with Crippen molar-refractivity contribution in [2.45, 2.75) is 13.5 Å². The van der Waals surface area contributed by atoms with Gasteiger partial charge in [0.2, 0.25) is 0 Å². The average Bonchev–Trinajstić information content (AvgIpc) is 2.90. The number of fused-ring (bicyclic) bond motifs is 1. The number of pyridine rings is 1. The highest BCUT2D eigenvalue weighted by molar-refractivity contribution is 6.05. The van der Waals surface area contributed by atoms with E-state index in [1.165, 1.54) is 0 Å². The van der Waals surface area contributed by atoms with E-state index in [9.17, 15) is 9.59 Å². The van der Waals surface area contributed by atoms with Crippen LogP contribution in [-0.4, -0.2) is 37.2 Å². The Balaban J connectivity index is 1.39. The van der Waals surface area contributed by atoms with Gasteiger partial charge in [-0.05, 0) is 30.7 Å². The van der Waals surface area contributed by atoms with Gasteiger partial charge in [0.15, 0.2) is 11.0 Å². The van der Waals surface area contributed by atoms with Gasteiger partial charge in [0.25, 0.3) is 5.91 Å². The maximum Gasteiger partial charge on any atom is 0.255 e. The fraction of sp³-hybridized carbons (Fsp3) is 0.222. The van der Waals surface area contributed by atoms with Crippen LogP contribution in [0.3, 0.4) is 0 Å². The third-order valence-electron chi connectivity index (χ3n) is 6.02. The van der Waals surface area contributed by atoms with Gasteiger partial charge in [0, 0.05) is 37.0 Å². The van der Waals surface area contributed by atoms with Crippen molar-refractivity contribution in [1.29, 1.82) is 0 Å². The predicted molar refractivity (Wildman–Crippen MR) is 131 cm³/mol. The monoisotopic (exact) mass is 455 g/mol. The van der Waals surface area contributed by atoms with Gasteiger partial charge in [-0.2, -0.15) is 0 Å². The number of hydrogen-bond donors (Lipinski definition) is 1. The number of benzene rings is 2. The van der Waals surface area contributed by atoms with Gasteiger partial charge in [-0.1, -0.05) is 42.5 Å². The minimum atomic E-state index is -0.311. The van der Waals surface area contributed by atoms with Gasteiger partial charge in [0.05, 0.1) is 24.2 Å². The highest BCUT2D eigenvalue weighted by Gasteiger charge is 2.18. The first-order valence-electron chi connectivity index (χ1n) is 11.3. The summed E-state index contributed by atoms with van der Waals surface area (Å²) in [7, 11) is 0. The van der Waals surface area contributed by atoms with Gasteiger partial charge in [-0.25, -0.2) is 4.98 Å². The van der Waals surface area contributed by atoms with Crippen LogP contribution in [0.25, 0.3) is 22.3 Å². The number of carbonyl (C=O) groups is 1. The van der Waals surface area contributed by atoms with Crippen molar-refractivity contribution in [3.8, 4) is 11.3 Å². The summed E-state index contributed by atoms with van der Waals surface area (Å²) in [6.07, 6.45) is 1.77. The van der Waals surface area contributed by atoms with Crippen LogP contribution in [0.15, 0.2) is 76.1 Å². The van der Waals surface area contributed by atoms with E-state index in [2.05, 4.69) is 15.2 Å². The lowest BCUT2D eigenvalue weighted by Crippen LogP contribution is -2.36. The second-order valence-corrected chi connectivity index (χ2v) is 8.24. The third kappa shape index (κ3) is 4.30. The summed E-state index contributed by atoms with van der Waals surface area (Å²) in [6.45, 7) is 5.10. The Morgan fingerprint density at radius 2 is 1.82 bits per heavy atom. The number of nitrogens with one attached hydrogen (secondary N) is 1. The smallest absolute Gasteiger partial charge is 0.255 e. The van der Waals surface area contributed by atoms with E-state index in [1.54, 1.807) is 31.3 Å². The van der Waals surface area contributed by atoms with Crippen LogP contribution < -0.4 is 15.6 Å². The molecule has 1 aliphatic rings. The van der Waals surface area contributed by atoms with E-state index in [0.29, 0.717) is 42.0 Å². The van der Waals surface area contributed by atoms with Gasteiger partial charge in [-0.3, -0.25) is 9.59 Å². The van der Waals surface area contributed by atoms with E-state index in [-0.39, 0.29) is 16.9 Å². The molecule has 1 amide bonds. The van der Waals surface area contributed by atoms with E-state index >= 15 is 0 Å². The molecule has 5 rings (SSSR count). The number of morpholine rings is 1. The van der Waals surface area contributed by atoms with Crippen LogP contribution in [-0.2, 0) is 11.3 Å². The van der Waals surface area contributed by atoms with Crippen molar-refractivity contribution in [2.24, 2.45) is 0 Å². The van der Waals surface area contributed by atoms with Gasteiger partial charge in [0.1, 0.15) is 11.6 Å². The molecule has 1 aliphatic heterocycles. The van der Waals surface area contributed by atoms with Gasteiger partial charge in [-0.15, -0.1) is 0 Å². The standard InChI is InChI=1S/C27H25N3O4/c1-18-24(31)21-8-5-9-22(26(21)34-25(18)20-6-3-2-4-7-20)27(32)29-17-19-10-11-23(28-16-19)30-12-14-33-15-13-30/h2-11,16H,12-15,17H2,1H3,(H,29,32). The minimum absolute atomic E-state index is 0.141. The first-order chi connectivity index (χ1) is 16.6. The molecule has 1 saturated heterocycles. The molecule has 0 unspecified atom stereocenters. The summed E-state index contributed by atoms with van der Waals surface area (Å²) in [6, 6.07) is 18.4. The van der Waals surface area contributed by atoms with Crippen LogP contribution in [0.1, 0.15) is 21.5 Å². The molecule has 172 valence electrons. The number of carbonyl (C=O) groups excluding carboxylic acids is 1. The Morgan fingerprint density at radius 3 is 2.56 bits per heavy atom. The predicted octanol–water partition coefficient (Wildman–Crippen LogP) is 3.93. The highest BCUT2D eigenvalue weighted by atomic mass is 16.5. The van der Waals surface area contributed by atoms with E-state index in [0.717, 1.165) is 30.0 Å². The topological polar surface area (TPSA) is 84.7 Å². The molecule has 2 aromatic heterocycles. The summed E-state index contributed by atoms with van der Waals surface area (Å²) >= 11 is 0. The number of hydrogen-bond acceptors (Lipinski definition) is 6. The van der Waals surface area contributed by atoms with E-state index in [4.69, 9.17) is 9.15 Å². The van der Waals surface area contributed by atoms with Crippen molar-refractivity contribution in [1.82, 2.24) is 10.3 Å². The maximum absolute atomic E-state index is 13.1. The summed E-state index contributed by atoms with van der Waals surface area (Å²) < 4.78 is 11.5. The molecule has 4 aromatic rings. The Hall–Kier alpha value is -3.97. The van der Waals surface area contributed by atoms with Crippen molar-refractivity contribution < 1.29 is 13.9 Å². The number of para-hydroxylation sites is 1. The largest absolute Gasteiger partial charge is 0.455 e. The summed E-state index contributed by atoms with van der Waals surface area (Å²) in [5, 5.41) is 3.32. The summed E-state index contributed by atoms with van der Waals surface area (Å²) in [5.41, 5.74) is 2.66. The van der Waals surface area contributed by atoms with Crippen molar-refractivity contribution in [3.63, 3.8) is 0 Å². The number of aromatic nitrogens is 1. The molecule has 0 radical (unpaired) electrons. The molecule has 7 nitrogen and oxygen atoms in total. The van der Waals surface area contributed by atoms with Gasteiger partial charge >= 0.3 is 0 Å². The molecule has 0 spiro atoms. The number of ether oxygens (including phenoxy) is 1. The zero-order valence-electron chi connectivity index (χ0n) is 18.9. The van der Waals surface area contributed by atoms with E-state index < -0.39 is 0 Å². The zero-order valence-corrected chi connectivity index (χ0v) is 18.9. The second kappa shape index (κ2) is 9.49. The Labute approximate surface area is 197 Å². The molecule has 0 bridgehead atoms. The lowest BCUT2D eigenvalue weighted by Gasteiger charge is -2.27. The fourth-order valence-electron chi connectivity index (χ4n) is 4.13. The molecule has 7 heteroatoms. The summed E-state index contributed by atoms with van der Waals surface area (Å²) in [5.74, 6) is 1.06. The van der Waals surface area contributed by atoms with E-state index in [1.807, 2.05) is 42.5 Å². The zero-order chi connectivity index (χ0) is 23.5. The number of rotatable bonds is 5. The molecule has 34 heavy (non-hydrogen) atoms. The number of anilines is 1. The number of amides is 1. The molecule has 0 atom stereocenters. The summed E-state index contributed by atoms with van der Waals surface area (Å²) in [4.78, 5) is 32.8. The first kappa shape index (κ1) is 21.9. The average molecular weight is 456 g/mol. The Kier molecular flexibility index (Phi) is 6.10. The number of nitrogens with zero attached hydrogens (tertiary/aromatic N) is 2. The van der Waals surface area contributed by atoms with Crippen molar-refractivity contribution >= 4 is 22.7 Å². The molecule has 0 saturated carbocycles. The molecular formula is C27H25N3O4. The molecule has 1 N–H and O–H groups in total. The fourth-order valence-corrected chi connectivity index (χ4v) is 4.13. The van der Waals surface area contributed by atoms with Crippen molar-refractivity contribution in [3.05, 3.63) is 93.8 Å². The highest BCUT2D eigenvalue weighted by Crippen LogP contribution is 2.27. The van der Waals surface area contributed by atoms with Crippen LogP contribution in [0.2, 0.25) is 0 Å². The normalized spacial score (nSPS) is 13.7. The SMILES string of the molecule is Cc1c(-c2ccccc2)oc2c(C(=O)NCc3ccc(N4CCOCC4)nc3)cccc2c1=O. The maximum atomic E-state index is 13.1. The van der Waals surface area contributed by atoms with Crippen LogP contribution >= 0.6 is 0 Å². The Bertz CT molecular complexity index is 1380. The quantitative estimate of drug-likeness (QED) is 0.491. The van der Waals surface area contributed by atoms with Crippen LogP contribution in [0, 0.1) is 6.92 Å². The van der Waals surface area contributed by atoms with Gasteiger partial charge < -0.3 is 19.4 Å². The lowest BCUT2D eigenvalue weighted by atomic mass is 10.0. The second-order valence-electron chi connectivity index (χ2n) is 8.24. The molecular weight excluding hydrogens is 430 g/mol. The van der Waals surface area contributed by atoms with Crippen LogP contribution in [0.4, 0.5) is 5.82 Å². The molecule has 2 aromatic carbocycles. The van der Waals surface area contributed by atoms with Crippen molar-refractivity contribution in [2.75, 3.05) is 31.2 Å². The first-order valence-corrected chi connectivity index (χ1v) is 11.3. The Morgan fingerprint density at radius 1 is 1.03 bits per heavy atom. The lowest BCUT2D eigenvalue weighted by molar-refractivity contribution is 0.0951. The minimum Gasteiger partial charge on any atom is -0.455 e.